The van der Waals surface area contributed by atoms with Gasteiger partial charge in [-0.15, -0.1) is 0 Å². The van der Waals surface area contributed by atoms with Crippen molar-refractivity contribution in [1.82, 2.24) is 4.90 Å². The highest BCUT2D eigenvalue weighted by Gasteiger charge is 2.47. The van der Waals surface area contributed by atoms with Crippen LogP contribution in [0.5, 0.6) is 0 Å². The van der Waals surface area contributed by atoms with Crippen molar-refractivity contribution in [2.24, 2.45) is 0 Å². The van der Waals surface area contributed by atoms with Gasteiger partial charge in [-0.05, 0) is 18.6 Å². The molecule has 0 saturated carbocycles. The molecule has 1 unspecified atom stereocenters. The van der Waals surface area contributed by atoms with Crippen molar-refractivity contribution >= 4 is 0 Å². The molecule has 0 N–H and O–H groups in total. The van der Waals surface area contributed by atoms with Crippen molar-refractivity contribution in [2.75, 3.05) is 26.8 Å². The van der Waals surface area contributed by atoms with Crippen molar-refractivity contribution in [3.05, 3.63) is 24.2 Å². The molecule has 0 aromatic carbocycles. The smallest absolute Gasteiger partial charge is 0.117 e. The molecule has 0 bridgehead atoms. The summed E-state index contributed by atoms with van der Waals surface area (Å²) in [6.45, 7) is 3.70. The highest BCUT2D eigenvalue weighted by atomic mass is 16.5. The third-order valence-corrected chi connectivity index (χ3v) is 3.76. The zero-order chi connectivity index (χ0) is 11.7. The van der Waals surface area contributed by atoms with Gasteiger partial charge >= 0.3 is 0 Å². The number of likely N-dealkylation sites (tertiary alicyclic amines) is 1. The largest absolute Gasteiger partial charge is 0.468 e. The van der Waals surface area contributed by atoms with E-state index in [1.54, 1.807) is 13.4 Å². The molecule has 1 atom stereocenters. The Morgan fingerprint density at radius 1 is 1.53 bits per heavy atom. The summed E-state index contributed by atoms with van der Waals surface area (Å²) in [7, 11) is 1.79. The van der Waals surface area contributed by atoms with E-state index in [9.17, 15) is 0 Å². The Morgan fingerprint density at radius 2 is 2.41 bits per heavy atom. The van der Waals surface area contributed by atoms with Crippen LogP contribution in [0.3, 0.4) is 0 Å². The van der Waals surface area contributed by atoms with Crippen LogP contribution in [-0.4, -0.2) is 43.4 Å². The maximum Gasteiger partial charge on any atom is 0.117 e. The number of hydrogen-bond acceptors (Lipinski definition) is 4. The molecular formula is C13H19NO3. The van der Waals surface area contributed by atoms with Crippen LogP contribution in [0.15, 0.2) is 22.8 Å². The number of ether oxygens (including phenoxy) is 2. The van der Waals surface area contributed by atoms with Crippen molar-refractivity contribution in [1.29, 1.82) is 0 Å². The number of hydrogen-bond donors (Lipinski definition) is 0. The van der Waals surface area contributed by atoms with E-state index >= 15 is 0 Å². The minimum absolute atomic E-state index is 0.0471. The number of methoxy groups -OCH3 is 1. The summed E-state index contributed by atoms with van der Waals surface area (Å²) in [5.74, 6) is 1.03. The highest BCUT2D eigenvalue weighted by molar-refractivity contribution is 5.05. The van der Waals surface area contributed by atoms with Crippen LogP contribution in [0.25, 0.3) is 0 Å². The average Bonchev–Trinajstić information content (AvgIpc) is 2.80. The summed E-state index contributed by atoms with van der Waals surface area (Å²) in [6.07, 6.45) is 4.15. The van der Waals surface area contributed by atoms with Crippen molar-refractivity contribution in [3.63, 3.8) is 0 Å². The van der Waals surface area contributed by atoms with Gasteiger partial charge in [0.15, 0.2) is 0 Å². The zero-order valence-electron chi connectivity index (χ0n) is 10.2. The molecule has 1 aromatic rings. The van der Waals surface area contributed by atoms with Gasteiger partial charge in [-0.2, -0.15) is 0 Å². The van der Waals surface area contributed by atoms with E-state index in [0.717, 1.165) is 44.8 Å². The molecule has 1 spiro atoms. The first-order chi connectivity index (χ1) is 8.30. The van der Waals surface area contributed by atoms with Gasteiger partial charge in [-0.1, -0.05) is 0 Å². The van der Waals surface area contributed by atoms with Crippen LogP contribution in [-0.2, 0) is 16.0 Å². The van der Waals surface area contributed by atoms with Crippen LogP contribution in [0.1, 0.15) is 18.6 Å². The third kappa shape index (κ3) is 2.25. The Morgan fingerprint density at radius 3 is 3.12 bits per heavy atom. The Kier molecular flexibility index (Phi) is 2.94. The Labute approximate surface area is 101 Å². The predicted octanol–water partition coefficient (Wildman–Crippen LogP) is 1.66. The molecule has 0 amide bonds. The van der Waals surface area contributed by atoms with Crippen molar-refractivity contribution < 1.29 is 13.9 Å². The molecule has 0 radical (unpaired) electrons. The first-order valence-electron chi connectivity index (χ1n) is 6.21. The molecule has 1 aromatic heterocycles. The van der Waals surface area contributed by atoms with E-state index in [0.29, 0.717) is 6.10 Å². The van der Waals surface area contributed by atoms with Gasteiger partial charge in [0.1, 0.15) is 5.76 Å². The van der Waals surface area contributed by atoms with Crippen LogP contribution in [0.4, 0.5) is 0 Å². The van der Waals surface area contributed by atoms with E-state index in [1.165, 1.54) is 0 Å². The first-order valence-corrected chi connectivity index (χ1v) is 6.21. The van der Waals surface area contributed by atoms with Gasteiger partial charge in [0.05, 0.1) is 24.5 Å². The van der Waals surface area contributed by atoms with Crippen LogP contribution in [0.2, 0.25) is 0 Å². The molecule has 4 heteroatoms. The molecular weight excluding hydrogens is 218 g/mol. The summed E-state index contributed by atoms with van der Waals surface area (Å²) in [4.78, 5) is 2.36. The summed E-state index contributed by atoms with van der Waals surface area (Å²) < 4.78 is 16.7. The molecule has 2 fully saturated rings. The molecule has 17 heavy (non-hydrogen) atoms. The lowest BCUT2D eigenvalue weighted by atomic mass is 9.84. The SMILES string of the molecule is COC1CCOC2(C1)CN(Cc1ccco1)C2. The number of nitrogens with zero attached hydrogens (tertiary/aromatic N) is 1. The van der Waals surface area contributed by atoms with Gasteiger partial charge in [0.25, 0.3) is 0 Å². The fraction of sp³-hybridized carbons (Fsp3) is 0.692. The van der Waals surface area contributed by atoms with Crippen LogP contribution < -0.4 is 0 Å². The van der Waals surface area contributed by atoms with E-state index in [1.807, 2.05) is 12.1 Å². The van der Waals surface area contributed by atoms with Crippen LogP contribution >= 0.6 is 0 Å². The fourth-order valence-electron chi connectivity index (χ4n) is 2.91. The Hall–Kier alpha value is -0.840. The summed E-state index contributed by atoms with van der Waals surface area (Å²) in [5, 5.41) is 0. The molecule has 2 saturated heterocycles. The second kappa shape index (κ2) is 4.44. The van der Waals surface area contributed by atoms with Gasteiger partial charge in [-0.25, -0.2) is 0 Å². The number of rotatable bonds is 3. The third-order valence-electron chi connectivity index (χ3n) is 3.76. The van der Waals surface area contributed by atoms with E-state index in [4.69, 9.17) is 13.9 Å². The van der Waals surface area contributed by atoms with Crippen LogP contribution in [0, 0.1) is 0 Å². The normalized spacial score (nSPS) is 28.2. The van der Waals surface area contributed by atoms with Gasteiger partial charge in [0.2, 0.25) is 0 Å². The molecule has 3 rings (SSSR count). The summed E-state index contributed by atoms with van der Waals surface area (Å²) in [6, 6.07) is 3.95. The first kappa shape index (κ1) is 11.3. The van der Waals surface area contributed by atoms with Gasteiger partial charge in [-0.3, -0.25) is 4.90 Å². The lowest BCUT2D eigenvalue weighted by Crippen LogP contribution is -2.65. The molecule has 3 heterocycles. The second-order valence-corrected chi connectivity index (χ2v) is 5.11. The fourth-order valence-corrected chi connectivity index (χ4v) is 2.91. The minimum Gasteiger partial charge on any atom is -0.468 e. The highest BCUT2D eigenvalue weighted by Crippen LogP contribution is 2.35. The molecule has 4 nitrogen and oxygen atoms in total. The topological polar surface area (TPSA) is 34.8 Å². The van der Waals surface area contributed by atoms with E-state index in [2.05, 4.69) is 4.90 Å². The Bertz CT molecular complexity index is 357. The monoisotopic (exact) mass is 237 g/mol. The Balaban J connectivity index is 1.53. The van der Waals surface area contributed by atoms with Gasteiger partial charge in [0, 0.05) is 33.2 Å². The van der Waals surface area contributed by atoms with Crippen molar-refractivity contribution in [3.8, 4) is 0 Å². The predicted molar refractivity (Wildman–Crippen MR) is 62.7 cm³/mol. The second-order valence-electron chi connectivity index (χ2n) is 5.11. The average molecular weight is 237 g/mol. The standard InChI is InChI=1S/C13H19NO3/c1-15-11-4-6-17-13(7-11)9-14(10-13)8-12-3-2-5-16-12/h2-3,5,11H,4,6-10H2,1H3. The summed E-state index contributed by atoms with van der Waals surface area (Å²) >= 11 is 0. The number of furan rings is 1. The molecule has 2 aliphatic rings. The summed E-state index contributed by atoms with van der Waals surface area (Å²) in [5.41, 5.74) is 0.0471. The molecule has 2 aliphatic heterocycles. The van der Waals surface area contributed by atoms with Gasteiger partial charge < -0.3 is 13.9 Å². The van der Waals surface area contributed by atoms with E-state index < -0.39 is 0 Å². The lowest BCUT2D eigenvalue weighted by Gasteiger charge is -2.52. The quantitative estimate of drug-likeness (QED) is 0.801. The molecule has 94 valence electrons. The maximum atomic E-state index is 5.93. The zero-order valence-corrected chi connectivity index (χ0v) is 10.2. The van der Waals surface area contributed by atoms with E-state index in [-0.39, 0.29) is 5.60 Å². The lowest BCUT2D eigenvalue weighted by molar-refractivity contribution is -0.196. The maximum absolute atomic E-state index is 5.93. The minimum atomic E-state index is 0.0471. The van der Waals surface area contributed by atoms with Crippen molar-refractivity contribution in [2.45, 2.75) is 31.1 Å². The molecule has 0 aliphatic carbocycles.